The third-order valence-electron chi connectivity index (χ3n) is 4.51. The number of ether oxygens (including phenoxy) is 1. The van der Waals surface area contributed by atoms with Gasteiger partial charge in [-0.15, -0.1) is 0 Å². The first-order chi connectivity index (χ1) is 13.3. The number of aromatic amines is 1. The summed E-state index contributed by atoms with van der Waals surface area (Å²) in [6, 6.07) is 7.03. The number of H-pyrrole nitrogens is 1. The molecule has 0 aliphatic heterocycles. The van der Waals surface area contributed by atoms with E-state index in [4.69, 9.17) is 4.74 Å². The third kappa shape index (κ3) is 4.42. The van der Waals surface area contributed by atoms with Gasteiger partial charge in [-0.25, -0.2) is 4.79 Å². The van der Waals surface area contributed by atoms with E-state index in [1.165, 1.54) is 0 Å². The number of hydrogen-bond donors (Lipinski definition) is 3. The van der Waals surface area contributed by atoms with Gasteiger partial charge in [0.15, 0.2) is 0 Å². The minimum Gasteiger partial charge on any atom is -0.459 e. The summed E-state index contributed by atoms with van der Waals surface area (Å²) >= 11 is 0. The lowest BCUT2D eigenvalue weighted by Gasteiger charge is -2.09. The Labute approximate surface area is 163 Å². The lowest BCUT2D eigenvalue weighted by atomic mass is 10.1. The van der Waals surface area contributed by atoms with Crippen LogP contribution in [0.4, 0.5) is 5.69 Å². The number of nitrogens with one attached hydrogen (secondary N) is 3. The fraction of sp³-hybridized carbons (Fsp3) is 0.381. The quantitative estimate of drug-likeness (QED) is 0.666. The van der Waals surface area contributed by atoms with Crippen LogP contribution in [0.2, 0.25) is 0 Å². The summed E-state index contributed by atoms with van der Waals surface area (Å²) in [4.78, 5) is 40.2. The van der Waals surface area contributed by atoms with Gasteiger partial charge in [0.2, 0.25) is 0 Å². The molecule has 1 fully saturated rings. The van der Waals surface area contributed by atoms with Crippen LogP contribution in [0.25, 0.3) is 0 Å². The molecule has 0 bridgehead atoms. The van der Waals surface area contributed by atoms with Crippen molar-refractivity contribution >= 4 is 23.5 Å². The largest absolute Gasteiger partial charge is 0.459 e. The minimum atomic E-state index is -0.459. The Morgan fingerprint density at radius 3 is 2.50 bits per heavy atom. The molecule has 0 saturated heterocycles. The number of aryl methyl sites for hydroxylation is 1. The number of hydrogen-bond acceptors (Lipinski definition) is 4. The lowest BCUT2D eigenvalue weighted by Crippen LogP contribution is -2.25. The summed E-state index contributed by atoms with van der Waals surface area (Å²) in [5.41, 5.74) is 2.77. The second-order valence-electron chi connectivity index (χ2n) is 7.36. The monoisotopic (exact) mass is 383 g/mol. The van der Waals surface area contributed by atoms with Crippen molar-refractivity contribution in [3.8, 4) is 0 Å². The van der Waals surface area contributed by atoms with Crippen molar-refractivity contribution in [2.45, 2.75) is 52.7 Å². The lowest BCUT2D eigenvalue weighted by molar-refractivity contribution is 0.0376. The number of anilines is 1. The van der Waals surface area contributed by atoms with Crippen molar-refractivity contribution in [3.05, 3.63) is 52.3 Å². The molecule has 1 aromatic carbocycles. The summed E-state index contributed by atoms with van der Waals surface area (Å²) < 4.78 is 5.25. The highest BCUT2D eigenvalue weighted by Crippen LogP contribution is 2.22. The average Bonchev–Trinajstić information content (AvgIpc) is 3.37. The van der Waals surface area contributed by atoms with Crippen LogP contribution in [-0.4, -0.2) is 34.9 Å². The van der Waals surface area contributed by atoms with Crippen LogP contribution < -0.4 is 10.6 Å². The van der Waals surface area contributed by atoms with Crippen molar-refractivity contribution in [1.82, 2.24) is 10.3 Å². The van der Waals surface area contributed by atoms with Gasteiger partial charge in [-0.05, 0) is 64.3 Å². The molecular weight excluding hydrogens is 358 g/mol. The molecule has 1 aromatic heterocycles. The van der Waals surface area contributed by atoms with Crippen LogP contribution in [0.1, 0.15) is 69.2 Å². The van der Waals surface area contributed by atoms with Gasteiger partial charge in [-0.2, -0.15) is 0 Å². The van der Waals surface area contributed by atoms with Crippen molar-refractivity contribution in [2.24, 2.45) is 0 Å². The molecule has 3 rings (SSSR count). The van der Waals surface area contributed by atoms with Crippen LogP contribution >= 0.6 is 0 Å². The number of esters is 1. The zero-order valence-electron chi connectivity index (χ0n) is 16.5. The van der Waals surface area contributed by atoms with E-state index in [2.05, 4.69) is 15.6 Å². The molecule has 1 heterocycles. The molecule has 28 heavy (non-hydrogen) atoms. The van der Waals surface area contributed by atoms with Crippen LogP contribution in [0, 0.1) is 13.8 Å². The van der Waals surface area contributed by atoms with Crippen LogP contribution in [0.5, 0.6) is 0 Å². The summed E-state index contributed by atoms with van der Waals surface area (Å²) in [5.74, 6) is -0.993. The highest BCUT2D eigenvalue weighted by Gasteiger charge is 2.25. The molecule has 1 saturated carbocycles. The molecule has 2 amide bonds. The molecule has 1 aliphatic carbocycles. The van der Waals surface area contributed by atoms with Gasteiger partial charge in [0.05, 0.1) is 11.7 Å². The Kier molecular flexibility index (Phi) is 5.53. The zero-order valence-corrected chi connectivity index (χ0v) is 16.5. The average molecular weight is 383 g/mol. The van der Waals surface area contributed by atoms with Gasteiger partial charge >= 0.3 is 5.97 Å². The van der Waals surface area contributed by atoms with Gasteiger partial charge in [0, 0.05) is 23.0 Å². The first-order valence-electron chi connectivity index (χ1n) is 9.38. The fourth-order valence-electron chi connectivity index (χ4n) is 2.98. The van der Waals surface area contributed by atoms with Crippen LogP contribution in [0.3, 0.4) is 0 Å². The van der Waals surface area contributed by atoms with Crippen molar-refractivity contribution in [2.75, 3.05) is 5.32 Å². The topological polar surface area (TPSA) is 100 Å². The third-order valence-corrected chi connectivity index (χ3v) is 4.51. The summed E-state index contributed by atoms with van der Waals surface area (Å²) in [7, 11) is 0. The molecule has 1 aliphatic rings. The maximum Gasteiger partial charge on any atom is 0.340 e. The molecular formula is C21H25N3O4. The predicted octanol–water partition coefficient (Wildman–Crippen LogP) is 3.34. The molecule has 3 N–H and O–H groups in total. The summed E-state index contributed by atoms with van der Waals surface area (Å²) in [6.07, 6.45) is 1.77. The SMILES string of the molecule is Cc1[nH]c(C(=O)Nc2cccc(C(=O)NC3CC3)c2)c(C)c1C(=O)OC(C)C. The number of amides is 2. The van der Waals surface area contributed by atoms with Crippen LogP contribution in [0.15, 0.2) is 24.3 Å². The smallest absolute Gasteiger partial charge is 0.340 e. The van der Waals surface area contributed by atoms with E-state index in [0.29, 0.717) is 33.8 Å². The van der Waals surface area contributed by atoms with E-state index in [0.717, 1.165) is 12.8 Å². The number of carbonyl (C=O) groups is 3. The standard InChI is InChI=1S/C21H25N3O4/c1-11(2)28-21(27)17-12(3)18(22-13(17)4)20(26)24-16-7-5-6-14(10-16)19(25)23-15-8-9-15/h5-7,10-11,15,22H,8-9H2,1-4H3,(H,23,25)(H,24,26). The normalized spacial score (nSPS) is 13.3. The number of rotatable bonds is 6. The molecule has 0 unspecified atom stereocenters. The Morgan fingerprint density at radius 1 is 1.14 bits per heavy atom. The maximum atomic E-state index is 12.7. The molecule has 2 aromatic rings. The van der Waals surface area contributed by atoms with E-state index >= 15 is 0 Å². The Morgan fingerprint density at radius 2 is 1.86 bits per heavy atom. The Hall–Kier alpha value is -3.09. The van der Waals surface area contributed by atoms with E-state index in [1.54, 1.807) is 52.0 Å². The number of aromatic nitrogens is 1. The summed E-state index contributed by atoms with van der Waals surface area (Å²) in [5, 5.41) is 5.70. The molecule has 0 spiro atoms. The van der Waals surface area contributed by atoms with E-state index in [9.17, 15) is 14.4 Å². The fourth-order valence-corrected chi connectivity index (χ4v) is 2.98. The second kappa shape index (κ2) is 7.88. The molecule has 0 radical (unpaired) electrons. The van der Waals surface area contributed by atoms with Crippen molar-refractivity contribution in [1.29, 1.82) is 0 Å². The first-order valence-corrected chi connectivity index (χ1v) is 9.38. The highest BCUT2D eigenvalue weighted by molar-refractivity contribution is 6.07. The van der Waals surface area contributed by atoms with E-state index < -0.39 is 5.97 Å². The second-order valence-corrected chi connectivity index (χ2v) is 7.36. The van der Waals surface area contributed by atoms with E-state index in [1.807, 2.05) is 0 Å². The highest BCUT2D eigenvalue weighted by atomic mass is 16.5. The predicted molar refractivity (Wildman–Crippen MR) is 106 cm³/mol. The molecule has 7 heteroatoms. The maximum absolute atomic E-state index is 12.7. The van der Waals surface area contributed by atoms with Gasteiger partial charge in [0.1, 0.15) is 5.69 Å². The minimum absolute atomic E-state index is 0.149. The number of benzene rings is 1. The van der Waals surface area contributed by atoms with Crippen molar-refractivity contribution in [3.63, 3.8) is 0 Å². The number of carbonyl (C=O) groups excluding carboxylic acids is 3. The van der Waals surface area contributed by atoms with Gasteiger partial charge in [0.25, 0.3) is 11.8 Å². The molecule has 0 atom stereocenters. The Balaban J connectivity index is 1.76. The zero-order chi connectivity index (χ0) is 20.4. The van der Waals surface area contributed by atoms with E-state index in [-0.39, 0.29) is 24.0 Å². The van der Waals surface area contributed by atoms with Gasteiger partial charge in [-0.1, -0.05) is 6.07 Å². The first kappa shape index (κ1) is 19.7. The van der Waals surface area contributed by atoms with Crippen LogP contribution in [-0.2, 0) is 4.74 Å². The molecule has 148 valence electrons. The molecule has 7 nitrogen and oxygen atoms in total. The summed E-state index contributed by atoms with van der Waals surface area (Å²) in [6.45, 7) is 6.97. The Bertz CT molecular complexity index is 926. The van der Waals surface area contributed by atoms with Gasteiger partial charge in [-0.3, -0.25) is 9.59 Å². The van der Waals surface area contributed by atoms with Crippen molar-refractivity contribution < 1.29 is 19.1 Å². The van der Waals surface area contributed by atoms with Gasteiger partial charge < -0.3 is 20.4 Å².